The fourth-order valence-corrected chi connectivity index (χ4v) is 4.20. The molecule has 2 heterocycles. The Morgan fingerprint density at radius 2 is 1.74 bits per heavy atom. The van der Waals surface area contributed by atoms with E-state index in [1.54, 1.807) is 12.1 Å². The fraction of sp³-hybridized carbons (Fsp3) is 0.348. The van der Waals surface area contributed by atoms with Crippen molar-refractivity contribution >= 4 is 15.8 Å². The van der Waals surface area contributed by atoms with Gasteiger partial charge in [0.15, 0.2) is 5.78 Å². The second kappa shape index (κ2) is 8.82. The summed E-state index contributed by atoms with van der Waals surface area (Å²) in [6, 6.07) is 12.2. The summed E-state index contributed by atoms with van der Waals surface area (Å²) in [5, 5.41) is 5.19. The molecule has 7 nitrogen and oxygen atoms in total. The number of rotatable bonds is 8. The van der Waals surface area contributed by atoms with Crippen LogP contribution in [0, 0.1) is 20.8 Å². The zero-order valence-corrected chi connectivity index (χ0v) is 19.4. The lowest BCUT2D eigenvalue weighted by atomic mass is 10.1. The van der Waals surface area contributed by atoms with Crippen molar-refractivity contribution < 1.29 is 17.6 Å². The lowest BCUT2D eigenvalue weighted by Gasteiger charge is -2.24. The van der Waals surface area contributed by atoms with Crippen molar-refractivity contribution in [2.45, 2.75) is 52.1 Å². The van der Waals surface area contributed by atoms with Crippen molar-refractivity contribution in [2.24, 2.45) is 5.14 Å². The molecule has 31 heavy (non-hydrogen) atoms. The molecule has 0 unspecified atom stereocenters. The molecule has 0 saturated carbocycles. The summed E-state index contributed by atoms with van der Waals surface area (Å²) < 4.78 is 30.6. The molecule has 0 aliphatic rings. The zero-order chi connectivity index (χ0) is 22.9. The van der Waals surface area contributed by atoms with Gasteiger partial charge in [0.05, 0.1) is 18.0 Å². The first kappa shape index (κ1) is 23.0. The van der Waals surface area contributed by atoms with E-state index in [0.29, 0.717) is 12.1 Å². The average molecular weight is 444 g/mol. The monoisotopic (exact) mass is 443 g/mol. The first-order chi connectivity index (χ1) is 14.5. The van der Waals surface area contributed by atoms with E-state index in [0.717, 1.165) is 28.6 Å². The van der Waals surface area contributed by atoms with Crippen molar-refractivity contribution in [1.82, 2.24) is 9.47 Å². The highest BCUT2D eigenvalue weighted by molar-refractivity contribution is 7.89. The van der Waals surface area contributed by atoms with E-state index < -0.39 is 10.0 Å². The number of hydrogen-bond donors (Lipinski definition) is 1. The van der Waals surface area contributed by atoms with E-state index in [2.05, 4.69) is 18.7 Å². The maximum atomic E-state index is 13.2. The standard InChI is InChI=1S/C23H29N3O4S/c1-15(2)25(13-20-9-6-17(4)30-20)14-23(27)22-12-16(3)26(18(22)5)19-7-10-21(11-8-19)31(24,28)29/h6-12,15H,13-14H2,1-5H3,(H2,24,28,29). The van der Waals surface area contributed by atoms with Gasteiger partial charge in [-0.3, -0.25) is 9.69 Å². The first-order valence-electron chi connectivity index (χ1n) is 10.1. The van der Waals surface area contributed by atoms with Gasteiger partial charge in [-0.15, -0.1) is 0 Å². The molecule has 0 bridgehead atoms. The number of carbonyl (C=O) groups excluding carboxylic acids is 1. The molecule has 0 radical (unpaired) electrons. The molecule has 0 aliphatic carbocycles. The lowest BCUT2D eigenvalue weighted by Crippen LogP contribution is -2.35. The molecule has 0 saturated heterocycles. The van der Waals surface area contributed by atoms with Gasteiger partial charge in [-0.05, 0) is 77.1 Å². The van der Waals surface area contributed by atoms with Crippen LogP contribution < -0.4 is 5.14 Å². The van der Waals surface area contributed by atoms with Gasteiger partial charge in [0.2, 0.25) is 10.0 Å². The van der Waals surface area contributed by atoms with Gasteiger partial charge in [0.25, 0.3) is 0 Å². The van der Waals surface area contributed by atoms with Crippen LogP contribution >= 0.6 is 0 Å². The second-order valence-electron chi connectivity index (χ2n) is 8.09. The Labute approximate surface area is 183 Å². The minimum absolute atomic E-state index is 0.0254. The number of carbonyl (C=O) groups is 1. The molecule has 2 aromatic heterocycles. The maximum absolute atomic E-state index is 13.2. The van der Waals surface area contributed by atoms with Crippen LogP contribution in [0.5, 0.6) is 0 Å². The molecular formula is C23H29N3O4S. The predicted octanol–water partition coefficient (Wildman–Crippen LogP) is 3.74. The van der Waals surface area contributed by atoms with Gasteiger partial charge in [0.1, 0.15) is 11.5 Å². The van der Waals surface area contributed by atoms with E-state index >= 15 is 0 Å². The number of Topliss-reactive ketones (excluding diaryl/α,β-unsaturated/α-hetero) is 1. The van der Waals surface area contributed by atoms with Gasteiger partial charge in [0, 0.05) is 28.7 Å². The van der Waals surface area contributed by atoms with Crippen LogP contribution in [-0.4, -0.2) is 36.3 Å². The average Bonchev–Trinajstić information content (AvgIpc) is 3.22. The molecule has 0 spiro atoms. The number of primary sulfonamides is 1. The van der Waals surface area contributed by atoms with Crippen LogP contribution in [-0.2, 0) is 16.6 Å². The molecule has 166 valence electrons. The number of hydrogen-bond acceptors (Lipinski definition) is 5. The number of sulfonamides is 1. The summed E-state index contributed by atoms with van der Waals surface area (Å²) in [5.41, 5.74) is 3.12. The van der Waals surface area contributed by atoms with Crippen molar-refractivity contribution in [3.05, 3.63) is 70.9 Å². The molecule has 2 N–H and O–H groups in total. The Morgan fingerprint density at radius 3 is 2.26 bits per heavy atom. The highest BCUT2D eigenvalue weighted by Crippen LogP contribution is 2.23. The lowest BCUT2D eigenvalue weighted by molar-refractivity contribution is 0.0889. The Hall–Kier alpha value is -2.68. The number of nitrogens with two attached hydrogens (primary N) is 1. The highest BCUT2D eigenvalue weighted by Gasteiger charge is 2.22. The Morgan fingerprint density at radius 1 is 1.10 bits per heavy atom. The Bertz CT molecular complexity index is 1190. The van der Waals surface area contributed by atoms with E-state index in [1.807, 2.05) is 43.5 Å². The van der Waals surface area contributed by atoms with E-state index in [1.165, 1.54) is 12.1 Å². The first-order valence-corrected chi connectivity index (χ1v) is 11.7. The van der Waals surface area contributed by atoms with Gasteiger partial charge >= 0.3 is 0 Å². The third-order valence-electron chi connectivity index (χ3n) is 5.39. The van der Waals surface area contributed by atoms with Crippen molar-refractivity contribution in [3.63, 3.8) is 0 Å². The number of nitrogens with zero attached hydrogens (tertiary/aromatic N) is 2. The number of aryl methyl sites for hydroxylation is 2. The van der Waals surface area contributed by atoms with Crippen molar-refractivity contribution in [3.8, 4) is 5.69 Å². The van der Waals surface area contributed by atoms with E-state index in [-0.39, 0.29) is 23.3 Å². The van der Waals surface area contributed by atoms with Crippen molar-refractivity contribution in [1.29, 1.82) is 0 Å². The predicted molar refractivity (Wildman–Crippen MR) is 120 cm³/mol. The molecule has 0 aliphatic heterocycles. The number of ketones is 1. The van der Waals surface area contributed by atoms with Crippen LogP contribution in [0.2, 0.25) is 0 Å². The van der Waals surface area contributed by atoms with Gasteiger partial charge < -0.3 is 8.98 Å². The highest BCUT2D eigenvalue weighted by atomic mass is 32.2. The number of benzene rings is 1. The normalized spacial score (nSPS) is 12.1. The molecule has 1 aromatic carbocycles. The van der Waals surface area contributed by atoms with Gasteiger partial charge in [-0.1, -0.05) is 0 Å². The Balaban J connectivity index is 1.85. The summed E-state index contributed by atoms with van der Waals surface area (Å²) >= 11 is 0. The van der Waals surface area contributed by atoms with Gasteiger partial charge in [-0.25, -0.2) is 13.6 Å². The zero-order valence-electron chi connectivity index (χ0n) is 18.5. The van der Waals surface area contributed by atoms with Crippen LogP contribution in [0.4, 0.5) is 0 Å². The van der Waals surface area contributed by atoms with Crippen LogP contribution in [0.1, 0.15) is 47.1 Å². The summed E-state index contributed by atoms with van der Waals surface area (Å²) in [6.45, 7) is 10.7. The van der Waals surface area contributed by atoms with E-state index in [4.69, 9.17) is 9.56 Å². The molecule has 0 amide bonds. The van der Waals surface area contributed by atoms with Gasteiger partial charge in [-0.2, -0.15) is 0 Å². The molecular weight excluding hydrogens is 414 g/mol. The summed E-state index contributed by atoms with van der Waals surface area (Å²) in [6.07, 6.45) is 0. The quantitative estimate of drug-likeness (QED) is 0.535. The molecule has 0 atom stereocenters. The minimum atomic E-state index is -3.75. The summed E-state index contributed by atoms with van der Waals surface area (Å²) in [4.78, 5) is 15.3. The summed E-state index contributed by atoms with van der Waals surface area (Å²) in [7, 11) is -3.75. The maximum Gasteiger partial charge on any atom is 0.238 e. The van der Waals surface area contributed by atoms with E-state index in [9.17, 15) is 13.2 Å². The van der Waals surface area contributed by atoms with Crippen LogP contribution in [0.25, 0.3) is 5.69 Å². The molecule has 0 fully saturated rings. The summed E-state index contributed by atoms with van der Waals surface area (Å²) in [5.74, 6) is 1.71. The third kappa shape index (κ3) is 5.15. The molecule has 8 heteroatoms. The van der Waals surface area contributed by atoms with Crippen molar-refractivity contribution in [2.75, 3.05) is 6.54 Å². The third-order valence-corrected chi connectivity index (χ3v) is 6.32. The topological polar surface area (TPSA) is 98.5 Å². The second-order valence-corrected chi connectivity index (χ2v) is 9.65. The van der Waals surface area contributed by atoms with Crippen LogP contribution in [0.3, 0.4) is 0 Å². The number of aromatic nitrogens is 1. The molecule has 3 rings (SSSR count). The van der Waals surface area contributed by atoms with Crippen LogP contribution in [0.15, 0.2) is 51.8 Å². The Kier molecular flexibility index (Phi) is 6.54. The number of furan rings is 1. The fourth-order valence-electron chi connectivity index (χ4n) is 3.69. The minimum Gasteiger partial charge on any atom is -0.465 e. The molecule has 3 aromatic rings. The largest absolute Gasteiger partial charge is 0.465 e. The SMILES string of the molecule is Cc1ccc(CN(CC(=O)c2cc(C)n(-c3ccc(S(N)(=O)=O)cc3)c2C)C(C)C)o1. The smallest absolute Gasteiger partial charge is 0.238 e.